The highest BCUT2D eigenvalue weighted by Gasteiger charge is 2.51. The molecular formula is C20H22F3NO4. The van der Waals surface area contributed by atoms with Gasteiger partial charge >= 0.3 is 12.3 Å². The van der Waals surface area contributed by atoms with Gasteiger partial charge in [-0.25, -0.2) is 4.79 Å². The molecule has 0 unspecified atom stereocenters. The summed E-state index contributed by atoms with van der Waals surface area (Å²) in [5.41, 5.74) is -0.105. The molecule has 4 saturated carbocycles. The molecule has 28 heavy (non-hydrogen) atoms. The van der Waals surface area contributed by atoms with Gasteiger partial charge in [0, 0.05) is 5.54 Å². The van der Waals surface area contributed by atoms with Gasteiger partial charge in [-0.3, -0.25) is 4.79 Å². The summed E-state index contributed by atoms with van der Waals surface area (Å²) in [4.78, 5) is 24.4. The molecule has 4 fully saturated rings. The maximum Gasteiger partial charge on any atom is 0.573 e. The van der Waals surface area contributed by atoms with Crippen LogP contribution in [-0.2, 0) is 9.53 Å². The molecule has 0 spiro atoms. The van der Waals surface area contributed by atoms with Gasteiger partial charge in [0.15, 0.2) is 6.61 Å². The van der Waals surface area contributed by atoms with E-state index in [1.54, 1.807) is 0 Å². The number of alkyl halides is 3. The molecule has 4 bridgehead atoms. The summed E-state index contributed by atoms with van der Waals surface area (Å²) in [5, 5.41) is 3.11. The molecule has 4 aliphatic carbocycles. The van der Waals surface area contributed by atoms with E-state index in [0.717, 1.165) is 31.4 Å². The summed E-state index contributed by atoms with van der Waals surface area (Å²) < 4.78 is 45.3. The van der Waals surface area contributed by atoms with Gasteiger partial charge < -0.3 is 14.8 Å². The maximum absolute atomic E-state index is 12.3. The number of halogens is 3. The van der Waals surface area contributed by atoms with Crippen molar-refractivity contribution in [3.05, 3.63) is 29.8 Å². The number of hydrogen-bond acceptors (Lipinski definition) is 4. The maximum atomic E-state index is 12.3. The van der Waals surface area contributed by atoms with Crippen LogP contribution in [0.1, 0.15) is 48.9 Å². The van der Waals surface area contributed by atoms with Crippen molar-refractivity contribution in [2.75, 3.05) is 6.61 Å². The summed E-state index contributed by atoms with van der Waals surface area (Å²) in [7, 11) is 0. The zero-order valence-electron chi connectivity index (χ0n) is 15.3. The van der Waals surface area contributed by atoms with Gasteiger partial charge in [-0.2, -0.15) is 0 Å². The largest absolute Gasteiger partial charge is 0.573 e. The molecule has 0 aromatic heterocycles. The Kier molecular flexibility index (Phi) is 4.75. The molecule has 1 aromatic carbocycles. The Bertz CT molecular complexity index is 724. The van der Waals surface area contributed by atoms with Crippen LogP contribution in [-0.4, -0.2) is 30.4 Å². The lowest BCUT2D eigenvalue weighted by molar-refractivity contribution is -0.274. The molecule has 8 heteroatoms. The van der Waals surface area contributed by atoms with E-state index in [9.17, 15) is 22.8 Å². The van der Waals surface area contributed by atoms with E-state index in [1.807, 2.05) is 0 Å². The highest BCUT2D eigenvalue weighted by Crippen LogP contribution is 2.55. The van der Waals surface area contributed by atoms with Crippen molar-refractivity contribution in [2.24, 2.45) is 17.8 Å². The second-order valence-corrected chi connectivity index (χ2v) is 8.39. The molecule has 5 nitrogen and oxygen atoms in total. The summed E-state index contributed by atoms with van der Waals surface area (Å²) in [6.45, 7) is -0.401. The number of hydrogen-bond donors (Lipinski definition) is 1. The van der Waals surface area contributed by atoms with Crippen LogP contribution >= 0.6 is 0 Å². The highest BCUT2D eigenvalue weighted by atomic mass is 19.4. The van der Waals surface area contributed by atoms with E-state index < -0.39 is 24.7 Å². The average Bonchev–Trinajstić information content (AvgIpc) is 2.57. The summed E-state index contributed by atoms with van der Waals surface area (Å²) in [6, 6.07) is 4.39. The van der Waals surface area contributed by atoms with Crippen LogP contribution in [0.15, 0.2) is 24.3 Å². The van der Waals surface area contributed by atoms with E-state index in [1.165, 1.54) is 31.4 Å². The first-order chi connectivity index (χ1) is 13.2. The molecule has 0 atom stereocenters. The fourth-order valence-electron chi connectivity index (χ4n) is 5.60. The quantitative estimate of drug-likeness (QED) is 0.767. The third-order valence-corrected chi connectivity index (χ3v) is 6.10. The van der Waals surface area contributed by atoms with Gasteiger partial charge in [0.05, 0.1) is 5.56 Å². The monoisotopic (exact) mass is 397 g/mol. The van der Waals surface area contributed by atoms with Crippen molar-refractivity contribution in [1.29, 1.82) is 0 Å². The minimum atomic E-state index is -4.79. The number of amides is 1. The lowest BCUT2D eigenvalue weighted by Gasteiger charge is -2.56. The first-order valence-corrected chi connectivity index (χ1v) is 9.54. The second-order valence-electron chi connectivity index (χ2n) is 8.39. The van der Waals surface area contributed by atoms with Crippen LogP contribution < -0.4 is 10.1 Å². The zero-order valence-corrected chi connectivity index (χ0v) is 15.3. The molecule has 152 valence electrons. The molecule has 0 saturated heterocycles. The molecule has 0 radical (unpaired) electrons. The van der Waals surface area contributed by atoms with Crippen molar-refractivity contribution in [2.45, 2.75) is 50.4 Å². The Morgan fingerprint density at radius 3 is 2.04 bits per heavy atom. The number of nitrogens with one attached hydrogen (secondary N) is 1. The fourth-order valence-corrected chi connectivity index (χ4v) is 5.60. The Balaban J connectivity index is 1.28. The number of carbonyl (C=O) groups is 2. The summed E-state index contributed by atoms with van der Waals surface area (Å²) in [5.74, 6) is 0.541. The van der Waals surface area contributed by atoms with Crippen molar-refractivity contribution in [3.8, 4) is 5.75 Å². The average molecular weight is 397 g/mol. The van der Waals surface area contributed by atoms with Gasteiger partial charge in [0.25, 0.3) is 5.91 Å². The minimum Gasteiger partial charge on any atom is -0.452 e. The highest BCUT2D eigenvalue weighted by molar-refractivity contribution is 5.91. The Morgan fingerprint density at radius 2 is 1.54 bits per heavy atom. The fraction of sp³-hybridized carbons (Fsp3) is 0.600. The first-order valence-electron chi connectivity index (χ1n) is 9.54. The van der Waals surface area contributed by atoms with E-state index in [0.29, 0.717) is 17.8 Å². The van der Waals surface area contributed by atoms with Crippen molar-refractivity contribution >= 4 is 11.9 Å². The van der Waals surface area contributed by atoms with Crippen LogP contribution in [0.3, 0.4) is 0 Å². The SMILES string of the molecule is O=C(COC(=O)c1ccc(OC(F)(F)F)cc1)NC12CC3CC(CC(C3)C1)C2. The van der Waals surface area contributed by atoms with Crippen molar-refractivity contribution < 1.29 is 32.2 Å². The summed E-state index contributed by atoms with van der Waals surface area (Å²) in [6.07, 6.45) is 1.99. The Hall–Kier alpha value is -2.25. The number of ether oxygens (including phenoxy) is 2. The third-order valence-electron chi connectivity index (χ3n) is 6.10. The smallest absolute Gasteiger partial charge is 0.452 e. The number of carbonyl (C=O) groups excluding carboxylic acids is 2. The molecule has 1 amide bonds. The lowest BCUT2D eigenvalue weighted by Crippen LogP contribution is -2.60. The van der Waals surface area contributed by atoms with E-state index in [2.05, 4.69) is 10.1 Å². The molecule has 0 aliphatic heterocycles. The second kappa shape index (κ2) is 6.97. The van der Waals surface area contributed by atoms with E-state index in [4.69, 9.17) is 4.74 Å². The van der Waals surface area contributed by atoms with Crippen LogP contribution in [0.25, 0.3) is 0 Å². The van der Waals surface area contributed by atoms with Crippen molar-refractivity contribution in [1.82, 2.24) is 5.32 Å². The number of rotatable bonds is 5. The molecule has 0 heterocycles. The van der Waals surface area contributed by atoms with E-state index >= 15 is 0 Å². The Morgan fingerprint density at radius 1 is 1.00 bits per heavy atom. The molecule has 5 rings (SSSR count). The molecule has 1 N–H and O–H groups in total. The van der Waals surface area contributed by atoms with Gasteiger partial charge in [0.1, 0.15) is 5.75 Å². The van der Waals surface area contributed by atoms with Crippen LogP contribution in [0, 0.1) is 17.8 Å². The van der Waals surface area contributed by atoms with Gasteiger partial charge in [0.2, 0.25) is 0 Å². The van der Waals surface area contributed by atoms with Gasteiger partial charge in [-0.1, -0.05) is 0 Å². The third kappa shape index (κ3) is 4.25. The zero-order chi connectivity index (χ0) is 19.9. The van der Waals surface area contributed by atoms with Crippen LogP contribution in [0.4, 0.5) is 13.2 Å². The predicted molar refractivity (Wildman–Crippen MR) is 92.5 cm³/mol. The first kappa shape index (κ1) is 19.1. The van der Waals surface area contributed by atoms with Crippen LogP contribution in [0.2, 0.25) is 0 Å². The number of esters is 1. The van der Waals surface area contributed by atoms with Gasteiger partial charge in [-0.15, -0.1) is 13.2 Å². The van der Waals surface area contributed by atoms with E-state index in [-0.39, 0.29) is 17.0 Å². The predicted octanol–water partition coefficient (Wildman–Crippen LogP) is 3.83. The van der Waals surface area contributed by atoms with Gasteiger partial charge in [-0.05, 0) is 80.5 Å². The number of benzene rings is 1. The summed E-state index contributed by atoms with van der Waals surface area (Å²) >= 11 is 0. The Labute approximate surface area is 160 Å². The molecular weight excluding hydrogens is 375 g/mol. The van der Waals surface area contributed by atoms with Crippen LogP contribution in [0.5, 0.6) is 5.75 Å². The molecule has 4 aliphatic rings. The normalized spacial score (nSPS) is 30.8. The lowest BCUT2D eigenvalue weighted by atomic mass is 9.53. The molecule has 1 aromatic rings. The van der Waals surface area contributed by atoms with Crippen molar-refractivity contribution in [3.63, 3.8) is 0 Å². The standard InChI is InChI=1S/C20H22F3NO4/c21-20(22,23)28-16-3-1-15(2-4-16)18(26)27-11-17(25)24-19-8-12-5-13(9-19)7-14(6-12)10-19/h1-4,12-14H,5-11H2,(H,24,25). The minimum absolute atomic E-state index is 0.0529. The topological polar surface area (TPSA) is 64.6 Å².